The van der Waals surface area contributed by atoms with E-state index in [0.29, 0.717) is 28.2 Å². The van der Waals surface area contributed by atoms with E-state index in [2.05, 4.69) is 0 Å². The van der Waals surface area contributed by atoms with Gasteiger partial charge in [-0.25, -0.2) is 4.39 Å². The van der Waals surface area contributed by atoms with Crippen LogP contribution in [-0.2, 0) is 0 Å². The molecule has 0 amide bonds. The summed E-state index contributed by atoms with van der Waals surface area (Å²) in [5.74, 6) is 0.507. The standard InChI is InChI=1S/C16H15FO3/c1-10-8-12(17)5-6-13(10)16(18)11-4-7-14(19-2)15(9-11)20-3/h4-9H,1-3H3. The molecule has 2 aromatic rings. The van der Waals surface area contributed by atoms with E-state index in [1.807, 2.05) is 0 Å². The van der Waals surface area contributed by atoms with Gasteiger partial charge in [0.25, 0.3) is 0 Å². The Morgan fingerprint density at radius 2 is 1.70 bits per heavy atom. The van der Waals surface area contributed by atoms with E-state index in [9.17, 15) is 9.18 Å². The van der Waals surface area contributed by atoms with E-state index >= 15 is 0 Å². The molecule has 0 N–H and O–H groups in total. The maximum atomic E-state index is 13.1. The number of ether oxygens (including phenoxy) is 2. The van der Waals surface area contributed by atoms with Crippen LogP contribution in [0.25, 0.3) is 0 Å². The lowest BCUT2D eigenvalue weighted by atomic mass is 9.99. The molecule has 0 spiro atoms. The quantitative estimate of drug-likeness (QED) is 0.802. The van der Waals surface area contributed by atoms with Gasteiger partial charge in [0.1, 0.15) is 5.82 Å². The van der Waals surface area contributed by atoms with Gasteiger partial charge >= 0.3 is 0 Å². The first kappa shape index (κ1) is 14.1. The number of carbonyl (C=O) groups excluding carboxylic acids is 1. The summed E-state index contributed by atoms with van der Waals surface area (Å²) in [5, 5.41) is 0. The van der Waals surface area contributed by atoms with Crippen molar-refractivity contribution >= 4 is 5.78 Å². The molecule has 0 radical (unpaired) electrons. The first-order valence-corrected chi connectivity index (χ1v) is 6.09. The average Bonchev–Trinajstić information content (AvgIpc) is 2.45. The van der Waals surface area contributed by atoms with Crippen molar-refractivity contribution in [2.45, 2.75) is 6.92 Å². The van der Waals surface area contributed by atoms with Crippen LogP contribution < -0.4 is 9.47 Å². The van der Waals surface area contributed by atoms with Crippen molar-refractivity contribution in [1.82, 2.24) is 0 Å². The van der Waals surface area contributed by atoms with Gasteiger partial charge in [0.2, 0.25) is 0 Å². The molecule has 0 aliphatic heterocycles. The van der Waals surface area contributed by atoms with Crippen LogP contribution in [0.15, 0.2) is 36.4 Å². The summed E-state index contributed by atoms with van der Waals surface area (Å²) in [4.78, 5) is 12.4. The predicted octanol–water partition coefficient (Wildman–Crippen LogP) is 3.38. The van der Waals surface area contributed by atoms with Crippen LogP contribution in [0.3, 0.4) is 0 Å². The van der Waals surface area contributed by atoms with Gasteiger partial charge in [0.05, 0.1) is 14.2 Å². The zero-order chi connectivity index (χ0) is 14.7. The molecule has 4 heteroatoms. The number of rotatable bonds is 4. The monoisotopic (exact) mass is 274 g/mol. The average molecular weight is 274 g/mol. The fraction of sp³-hybridized carbons (Fsp3) is 0.188. The molecule has 0 fully saturated rings. The number of hydrogen-bond acceptors (Lipinski definition) is 3. The van der Waals surface area contributed by atoms with Gasteiger partial charge in [0, 0.05) is 11.1 Å². The van der Waals surface area contributed by atoms with E-state index in [-0.39, 0.29) is 11.6 Å². The zero-order valence-corrected chi connectivity index (χ0v) is 11.6. The third kappa shape index (κ3) is 2.64. The normalized spacial score (nSPS) is 10.2. The molecule has 0 heterocycles. The van der Waals surface area contributed by atoms with Crippen molar-refractivity contribution in [2.75, 3.05) is 14.2 Å². The molecule has 104 valence electrons. The van der Waals surface area contributed by atoms with Crippen molar-refractivity contribution in [3.8, 4) is 11.5 Å². The molecule has 0 saturated heterocycles. The Morgan fingerprint density at radius 1 is 1.00 bits per heavy atom. The third-order valence-corrected chi connectivity index (χ3v) is 3.08. The zero-order valence-electron chi connectivity index (χ0n) is 11.6. The molecule has 0 aliphatic carbocycles. The highest BCUT2D eigenvalue weighted by Gasteiger charge is 2.15. The Balaban J connectivity index is 2.43. The maximum Gasteiger partial charge on any atom is 0.193 e. The Morgan fingerprint density at radius 3 is 2.30 bits per heavy atom. The fourth-order valence-electron chi connectivity index (χ4n) is 2.01. The van der Waals surface area contributed by atoms with Crippen molar-refractivity contribution in [1.29, 1.82) is 0 Å². The number of carbonyl (C=O) groups is 1. The van der Waals surface area contributed by atoms with Crippen molar-refractivity contribution in [3.63, 3.8) is 0 Å². The summed E-state index contributed by atoms with van der Waals surface area (Å²) in [6.45, 7) is 1.71. The van der Waals surface area contributed by atoms with Crippen LogP contribution >= 0.6 is 0 Å². The molecule has 0 atom stereocenters. The molecule has 0 unspecified atom stereocenters. The molecule has 3 nitrogen and oxygen atoms in total. The maximum absolute atomic E-state index is 13.1. The Hall–Kier alpha value is -2.36. The minimum atomic E-state index is -0.355. The van der Waals surface area contributed by atoms with Gasteiger partial charge < -0.3 is 9.47 Å². The first-order valence-electron chi connectivity index (χ1n) is 6.09. The van der Waals surface area contributed by atoms with E-state index in [1.54, 1.807) is 25.1 Å². The number of hydrogen-bond donors (Lipinski definition) is 0. The van der Waals surface area contributed by atoms with E-state index < -0.39 is 0 Å². The van der Waals surface area contributed by atoms with Crippen LogP contribution in [-0.4, -0.2) is 20.0 Å². The van der Waals surface area contributed by atoms with Crippen LogP contribution in [0.5, 0.6) is 11.5 Å². The van der Waals surface area contributed by atoms with Gasteiger partial charge in [-0.1, -0.05) is 0 Å². The number of aryl methyl sites for hydroxylation is 1. The molecular weight excluding hydrogens is 259 g/mol. The van der Waals surface area contributed by atoms with Crippen molar-refractivity contribution in [2.24, 2.45) is 0 Å². The molecule has 2 aromatic carbocycles. The molecule has 0 aromatic heterocycles. The SMILES string of the molecule is COc1ccc(C(=O)c2ccc(F)cc2C)cc1OC. The second-order valence-corrected chi connectivity index (χ2v) is 4.36. The molecule has 0 saturated carbocycles. The number of benzene rings is 2. The van der Waals surface area contributed by atoms with E-state index in [0.717, 1.165) is 0 Å². The topological polar surface area (TPSA) is 35.5 Å². The van der Waals surface area contributed by atoms with Crippen LogP contribution in [0.2, 0.25) is 0 Å². The lowest BCUT2D eigenvalue weighted by Crippen LogP contribution is -2.05. The Kier molecular flexibility index (Phi) is 4.03. The van der Waals surface area contributed by atoms with Gasteiger partial charge in [-0.15, -0.1) is 0 Å². The summed E-state index contributed by atoms with van der Waals surface area (Å²) in [6.07, 6.45) is 0. The molecule has 0 bridgehead atoms. The minimum Gasteiger partial charge on any atom is -0.493 e. The van der Waals surface area contributed by atoms with Crippen LogP contribution in [0.1, 0.15) is 21.5 Å². The summed E-state index contributed by atoms with van der Waals surface area (Å²) in [7, 11) is 3.04. The molecule has 0 aliphatic rings. The fourth-order valence-corrected chi connectivity index (χ4v) is 2.01. The lowest BCUT2D eigenvalue weighted by Gasteiger charge is -2.10. The second kappa shape index (κ2) is 5.74. The summed E-state index contributed by atoms with van der Waals surface area (Å²) in [6, 6.07) is 9.06. The molecule has 20 heavy (non-hydrogen) atoms. The first-order chi connectivity index (χ1) is 9.56. The lowest BCUT2D eigenvalue weighted by molar-refractivity contribution is 0.103. The van der Waals surface area contributed by atoms with Gasteiger partial charge in [0.15, 0.2) is 17.3 Å². The second-order valence-electron chi connectivity index (χ2n) is 4.36. The highest BCUT2D eigenvalue weighted by atomic mass is 19.1. The number of methoxy groups -OCH3 is 2. The minimum absolute atomic E-state index is 0.177. The third-order valence-electron chi connectivity index (χ3n) is 3.08. The van der Waals surface area contributed by atoms with Crippen LogP contribution in [0, 0.1) is 12.7 Å². The summed E-state index contributed by atoms with van der Waals surface area (Å²) < 4.78 is 23.4. The number of halogens is 1. The highest BCUT2D eigenvalue weighted by molar-refractivity contribution is 6.10. The predicted molar refractivity (Wildman–Crippen MR) is 74.1 cm³/mol. The molecule has 2 rings (SSSR count). The smallest absolute Gasteiger partial charge is 0.193 e. The van der Waals surface area contributed by atoms with Crippen molar-refractivity contribution < 1.29 is 18.7 Å². The van der Waals surface area contributed by atoms with Gasteiger partial charge in [-0.3, -0.25) is 4.79 Å². The summed E-state index contributed by atoms with van der Waals surface area (Å²) >= 11 is 0. The van der Waals surface area contributed by atoms with Crippen LogP contribution in [0.4, 0.5) is 4.39 Å². The molecular formula is C16H15FO3. The largest absolute Gasteiger partial charge is 0.493 e. The van der Waals surface area contributed by atoms with E-state index in [4.69, 9.17) is 9.47 Å². The van der Waals surface area contributed by atoms with Gasteiger partial charge in [-0.2, -0.15) is 0 Å². The van der Waals surface area contributed by atoms with Crippen molar-refractivity contribution in [3.05, 3.63) is 58.9 Å². The summed E-state index contributed by atoms with van der Waals surface area (Å²) in [5.41, 5.74) is 1.54. The number of ketones is 1. The Bertz CT molecular complexity index is 650. The van der Waals surface area contributed by atoms with E-state index in [1.165, 1.54) is 32.4 Å². The van der Waals surface area contributed by atoms with Gasteiger partial charge in [-0.05, 0) is 48.9 Å². The Labute approximate surface area is 117 Å². The highest BCUT2D eigenvalue weighted by Crippen LogP contribution is 2.28.